The van der Waals surface area contributed by atoms with Gasteiger partial charge in [0.1, 0.15) is 5.82 Å². The number of nitrogen functional groups attached to an aromatic ring is 1. The van der Waals surface area contributed by atoms with Gasteiger partial charge in [-0.3, -0.25) is 0 Å². The molecule has 0 saturated carbocycles. The van der Waals surface area contributed by atoms with E-state index in [1.54, 1.807) is 13.1 Å². The van der Waals surface area contributed by atoms with Crippen LogP contribution in [0.15, 0.2) is 42.6 Å². The largest absolute Gasteiger partial charge is 0.389 e. The Morgan fingerprint density at radius 3 is 2.53 bits per heavy atom. The first-order valence-corrected chi connectivity index (χ1v) is 6.50. The lowest BCUT2D eigenvalue weighted by Crippen LogP contribution is -2.30. The maximum absolute atomic E-state index is 10.5. The van der Waals surface area contributed by atoms with Crippen LogP contribution in [-0.4, -0.2) is 15.7 Å². The van der Waals surface area contributed by atoms with Crippen molar-refractivity contribution in [2.24, 2.45) is 0 Å². The van der Waals surface area contributed by atoms with Gasteiger partial charge in [-0.2, -0.15) is 0 Å². The molecule has 0 aliphatic carbocycles. The lowest BCUT2D eigenvalue weighted by molar-refractivity contribution is 0.0609. The maximum atomic E-state index is 10.5. The predicted octanol–water partition coefficient (Wildman–Crippen LogP) is 2.85. The number of benzene rings is 1. The van der Waals surface area contributed by atoms with Crippen molar-refractivity contribution in [3.63, 3.8) is 0 Å². The quantitative estimate of drug-likeness (QED) is 0.903. The van der Waals surface area contributed by atoms with Crippen molar-refractivity contribution in [1.82, 2.24) is 4.98 Å². The molecule has 3 N–H and O–H groups in total. The minimum absolute atomic E-state index is 0.468. The van der Waals surface area contributed by atoms with Crippen LogP contribution in [0.2, 0.25) is 5.02 Å². The second-order valence-corrected chi connectivity index (χ2v) is 5.46. The summed E-state index contributed by atoms with van der Waals surface area (Å²) in [5.41, 5.74) is 6.83. The van der Waals surface area contributed by atoms with Crippen LogP contribution in [0, 0.1) is 0 Å². The smallest absolute Gasteiger partial charge is 0.126 e. The summed E-state index contributed by atoms with van der Waals surface area (Å²) < 4.78 is 0. The van der Waals surface area contributed by atoms with E-state index in [1.165, 1.54) is 0 Å². The van der Waals surface area contributed by atoms with Gasteiger partial charge in [0, 0.05) is 24.1 Å². The van der Waals surface area contributed by atoms with E-state index in [1.807, 2.05) is 36.4 Å². The van der Waals surface area contributed by atoms with Crippen LogP contribution in [-0.2, 0) is 12.8 Å². The molecule has 1 aromatic carbocycles. The van der Waals surface area contributed by atoms with E-state index >= 15 is 0 Å². The summed E-state index contributed by atoms with van der Waals surface area (Å²) in [4.78, 5) is 4.03. The van der Waals surface area contributed by atoms with Crippen LogP contribution >= 0.6 is 11.6 Å². The van der Waals surface area contributed by atoms with E-state index in [0.29, 0.717) is 23.7 Å². The number of aromatic nitrogens is 1. The number of pyridine rings is 1. The molecule has 0 amide bonds. The molecule has 19 heavy (non-hydrogen) atoms. The molecule has 0 spiro atoms. The first-order chi connectivity index (χ1) is 8.96. The van der Waals surface area contributed by atoms with Gasteiger partial charge in [-0.15, -0.1) is 0 Å². The fraction of sp³-hybridized carbons (Fsp3) is 0.267. The number of hydrogen-bond acceptors (Lipinski definition) is 3. The van der Waals surface area contributed by atoms with E-state index in [9.17, 15) is 5.11 Å². The van der Waals surface area contributed by atoms with Gasteiger partial charge in [0.2, 0.25) is 0 Å². The molecule has 3 nitrogen and oxygen atoms in total. The molecule has 4 heteroatoms. The Labute approximate surface area is 118 Å². The molecule has 1 aromatic heterocycles. The molecule has 0 bridgehead atoms. The molecule has 0 fully saturated rings. The lowest BCUT2D eigenvalue weighted by Gasteiger charge is -2.24. The fourth-order valence-electron chi connectivity index (χ4n) is 2.12. The summed E-state index contributed by atoms with van der Waals surface area (Å²) >= 11 is 5.85. The summed E-state index contributed by atoms with van der Waals surface area (Å²) in [6.45, 7) is 1.80. The van der Waals surface area contributed by atoms with Gasteiger partial charge in [0.15, 0.2) is 0 Å². The first-order valence-electron chi connectivity index (χ1n) is 6.12. The van der Waals surface area contributed by atoms with Crippen molar-refractivity contribution in [1.29, 1.82) is 0 Å². The number of nitrogens with zero attached hydrogens (tertiary/aromatic N) is 1. The van der Waals surface area contributed by atoms with Crippen molar-refractivity contribution in [3.8, 4) is 0 Å². The summed E-state index contributed by atoms with van der Waals surface area (Å²) in [7, 11) is 0. The molecule has 2 aromatic rings. The van der Waals surface area contributed by atoms with Gasteiger partial charge in [-0.25, -0.2) is 4.98 Å². The highest BCUT2D eigenvalue weighted by molar-refractivity contribution is 6.30. The van der Waals surface area contributed by atoms with Gasteiger partial charge < -0.3 is 10.8 Å². The topological polar surface area (TPSA) is 59.1 Å². The number of anilines is 1. The predicted molar refractivity (Wildman–Crippen MR) is 78.1 cm³/mol. The van der Waals surface area contributed by atoms with Gasteiger partial charge in [-0.05, 0) is 36.2 Å². The van der Waals surface area contributed by atoms with E-state index in [-0.39, 0.29) is 0 Å². The number of halogens is 1. The highest BCUT2D eigenvalue weighted by atomic mass is 35.5. The molecule has 1 unspecified atom stereocenters. The van der Waals surface area contributed by atoms with Crippen molar-refractivity contribution in [2.45, 2.75) is 25.4 Å². The van der Waals surface area contributed by atoms with E-state index in [0.717, 1.165) is 11.1 Å². The van der Waals surface area contributed by atoms with E-state index < -0.39 is 5.60 Å². The van der Waals surface area contributed by atoms with Gasteiger partial charge in [0.05, 0.1) is 5.60 Å². The molecule has 0 aliphatic rings. The molecule has 0 aliphatic heterocycles. The minimum Gasteiger partial charge on any atom is -0.389 e. The van der Waals surface area contributed by atoms with Crippen LogP contribution in [0.3, 0.4) is 0 Å². The fourth-order valence-corrected chi connectivity index (χ4v) is 2.24. The normalized spacial score (nSPS) is 14.1. The number of aliphatic hydroxyl groups is 1. The van der Waals surface area contributed by atoms with Crippen molar-refractivity contribution >= 4 is 17.4 Å². The lowest BCUT2D eigenvalue weighted by atomic mass is 9.90. The number of hydrogen-bond donors (Lipinski definition) is 2. The molecular weight excluding hydrogens is 260 g/mol. The average molecular weight is 277 g/mol. The van der Waals surface area contributed by atoms with Crippen LogP contribution < -0.4 is 5.73 Å². The molecule has 2 rings (SSSR count). The van der Waals surface area contributed by atoms with Gasteiger partial charge in [-0.1, -0.05) is 29.8 Å². The third kappa shape index (κ3) is 3.94. The zero-order valence-electron chi connectivity index (χ0n) is 10.8. The monoisotopic (exact) mass is 276 g/mol. The number of rotatable bonds is 4. The summed E-state index contributed by atoms with van der Waals surface area (Å²) in [5.74, 6) is 0.471. The standard InChI is InChI=1S/C15H17ClN2O/c1-15(19,9-11-4-6-13(16)7-5-11)10-12-3-2-8-18-14(12)17/h2-8,19H,9-10H2,1H3,(H2,17,18). The first kappa shape index (κ1) is 13.8. The van der Waals surface area contributed by atoms with Crippen LogP contribution in [0.5, 0.6) is 0 Å². The molecule has 0 saturated heterocycles. The maximum Gasteiger partial charge on any atom is 0.126 e. The van der Waals surface area contributed by atoms with Crippen molar-refractivity contribution in [2.75, 3.05) is 5.73 Å². The zero-order chi connectivity index (χ0) is 13.9. The molecule has 1 heterocycles. The molecular formula is C15H17ClN2O. The second kappa shape index (κ2) is 5.59. The molecule has 0 radical (unpaired) electrons. The Hall–Kier alpha value is -1.58. The Morgan fingerprint density at radius 2 is 1.89 bits per heavy atom. The van der Waals surface area contributed by atoms with Crippen LogP contribution in [0.1, 0.15) is 18.1 Å². The van der Waals surface area contributed by atoms with Gasteiger partial charge in [0.25, 0.3) is 0 Å². The summed E-state index contributed by atoms with van der Waals surface area (Å²) in [6.07, 6.45) is 2.65. The third-order valence-electron chi connectivity index (χ3n) is 3.00. The van der Waals surface area contributed by atoms with Crippen molar-refractivity contribution < 1.29 is 5.11 Å². The number of nitrogens with two attached hydrogens (primary N) is 1. The zero-order valence-corrected chi connectivity index (χ0v) is 11.6. The Kier molecular flexibility index (Phi) is 4.08. The highest BCUT2D eigenvalue weighted by Crippen LogP contribution is 2.22. The Bertz CT molecular complexity index is 552. The molecule has 1 atom stereocenters. The SMILES string of the molecule is CC(O)(Cc1ccc(Cl)cc1)Cc1cccnc1N. The third-order valence-corrected chi connectivity index (χ3v) is 3.25. The summed E-state index contributed by atoms with van der Waals surface area (Å²) in [6, 6.07) is 11.2. The highest BCUT2D eigenvalue weighted by Gasteiger charge is 2.22. The Morgan fingerprint density at radius 1 is 1.21 bits per heavy atom. The molecule has 100 valence electrons. The minimum atomic E-state index is -0.870. The van der Waals surface area contributed by atoms with Crippen LogP contribution in [0.4, 0.5) is 5.82 Å². The summed E-state index contributed by atoms with van der Waals surface area (Å²) in [5, 5.41) is 11.2. The van der Waals surface area contributed by atoms with E-state index in [2.05, 4.69) is 4.98 Å². The van der Waals surface area contributed by atoms with Crippen molar-refractivity contribution in [3.05, 3.63) is 58.7 Å². The van der Waals surface area contributed by atoms with Crippen LogP contribution in [0.25, 0.3) is 0 Å². The van der Waals surface area contributed by atoms with E-state index in [4.69, 9.17) is 17.3 Å². The van der Waals surface area contributed by atoms with Gasteiger partial charge >= 0.3 is 0 Å². The second-order valence-electron chi connectivity index (χ2n) is 5.02. The Balaban J connectivity index is 2.10. The average Bonchev–Trinajstić information content (AvgIpc) is 2.35.